The van der Waals surface area contributed by atoms with Gasteiger partial charge in [0.1, 0.15) is 0 Å². The molecule has 2 aromatic heterocycles. The maximum atomic E-state index is 5.64. The van der Waals surface area contributed by atoms with E-state index in [1.165, 1.54) is 0 Å². The Morgan fingerprint density at radius 1 is 1.45 bits per heavy atom. The van der Waals surface area contributed by atoms with Crippen molar-refractivity contribution in [2.45, 2.75) is 6.92 Å². The monoisotopic (exact) mass is 147 g/mol. The van der Waals surface area contributed by atoms with E-state index < -0.39 is 0 Å². The highest BCUT2D eigenvalue weighted by molar-refractivity contribution is 5.56. The minimum Gasteiger partial charge on any atom is -0.399 e. The Hall–Kier alpha value is -1.51. The summed E-state index contributed by atoms with van der Waals surface area (Å²) in [7, 11) is 0. The molecule has 3 nitrogen and oxygen atoms in total. The fourth-order valence-electron chi connectivity index (χ4n) is 1.23. The van der Waals surface area contributed by atoms with Crippen LogP contribution in [0.2, 0.25) is 0 Å². The summed E-state index contributed by atoms with van der Waals surface area (Å²) in [6.45, 7) is 1.98. The number of rotatable bonds is 0. The molecule has 0 saturated heterocycles. The third-order valence-electron chi connectivity index (χ3n) is 1.70. The van der Waals surface area contributed by atoms with Crippen molar-refractivity contribution < 1.29 is 0 Å². The molecule has 0 amide bonds. The number of aromatic nitrogens is 2. The number of aryl methyl sites for hydroxylation is 1. The molecule has 56 valence electrons. The van der Waals surface area contributed by atoms with Gasteiger partial charge in [0.25, 0.3) is 0 Å². The highest BCUT2D eigenvalue weighted by Crippen LogP contribution is 2.11. The van der Waals surface area contributed by atoms with Crippen LogP contribution in [-0.4, -0.2) is 9.61 Å². The molecule has 3 heteroatoms. The molecule has 0 bridgehead atoms. The molecule has 2 rings (SSSR count). The van der Waals surface area contributed by atoms with Crippen molar-refractivity contribution in [2.24, 2.45) is 0 Å². The van der Waals surface area contributed by atoms with Gasteiger partial charge in [0, 0.05) is 17.6 Å². The normalized spacial score (nSPS) is 10.6. The number of pyridine rings is 1. The van der Waals surface area contributed by atoms with Crippen LogP contribution in [0.25, 0.3) is 5.52 Å². The fourth-order valence-corrected chi connectivity index (χ4v) is 1.23. The maximum Gasteiger partial charge on any atom is 0.0685 e. The molecule has 0 fully saturated rings. The first kappa shape index (κ1) is 6.22. The topological polar surface area (TPSA) is 43.3 Å². The summed E-state index contributed by atoms with van der Waals surface area (Å²) in [5, 5.41) is 4.12. The first-order chi connectivity index (χ1) is 5.27. The van der Waals surface area contributed by atoms with Gasteiger partial charge in [-0.3, -0.25) is 0 Å². The molecule has 0 aliphatic rings. The van der Waals surface area contributed by atoms with Crippen molar-refractivity contribution in [1.82, 2.24) is 9.61 Å². The molecule has 0 unspecified atom stereocenters. The van der Waals surface area contributed by atoms with Crippen LogP contribution in [0.1, 0.15) is 5.69 Å². The minimum absolute atomic E-state index is 0.788. The second kappa shape index (κ2) is 1.99. The van der Waals surface area contributed by atoms with Crippen LogP contribution in [0.5, 0.6) is 0 Å². The quantitative estimate of drug-likeness (QED) is 0.609. The zero-order valence-electron chi connectivity index (χ0n) is 6.28. The van der Waals surface area contributed by atoms with Crippen LogP contribution in [0.3, 0.4) is 0 Å². The SMILES string of the molecule is Cc1cc(N)cc2ccnn12. The highest BCUT2D eigenvalue weighted by Gasteiger charge is 1.96. The van der Waals surface area contributed by atoms with Crippen molar-refractivity contribution >= 4 is 11.2 Å². The zero-order valence-corrected chi connectivity index (χ0v) is 6.28. The van der Waals surface area contributed by atoms with Gasteiger partial charge in [-0.25, -0.2) is 4.52 Å². The summed E-state index contributed by atoms with van der Waals surface area (Å²) < 4.78 is 1.86. The summed E-state index contributed by atoms with van der Waals surface area (Å²) in [4.78, 5) is 0. The molecular formula is C8H9N3. The van der Waals surface area contributed by atoms with Crippen molar-refractivity contribution in [3.05, 3.63) is 30.1 Å². The van der Waals surface area contributed by atoms with Gasteiger partial charge in [-0.1, -0.05) is 0 Å². The number of nitrogen functional groups attached to an aromatic ring is 1. The summed E-state index contributed by atoms with van der Waals surface area (Å²) in [5.41, 5.74) is 8.53. The minimum atomic E-state index is 0.788. The van der Waals surface area contributed by atoms with Crippen LogP contribution in [0.4, 0.5) is 5.69 Å². The van der Waals surface area contributed by atoms with E-state index in [0.717, 1.165) is 16.9 Å². The molecular weight excluding hydrogens is 138 g/mol. The Balaban J connectivity index is 2.91. The van der Waals surface area contributed by atoms with E-state index in [1.54, 1.807) is 6.20 Å². The summed E-state index contributed by atoms with van der Waals surface area (Å²) in [5.74, 6) is 0. The summed E-state index contributed by atoms with van der Waals surface area (Å²) >= 11 is 0. The smallest absolute Gasteiger partial charge is 0.0685 e. The molecule has 0 aliphatic carbocycles. The van der Waals surface area contributed by atoms with Crippen LogP contribution in [0.15, 0.2) is 24.4 Å². The van der Waals surface area contributed by atoms with Gasteiger partial charge < -0.3 is 5.73 Å². The van der Waals surface area contributed by atoms with Crippen LogP contribution in [-0.2, 0) is 0 Å². The van der Waals surface area contributed by atoms with E-state index in [4.69, 9.17) is 5.73 Å². The second-order valence-corrected chi connectivity index (χ2v) is 2.60. The summed E-state index contributed by atoms with van der Waals surface area (Å²) in [6.07, 6.45) is 1.77. The van der Waals surface area contributed by atoms with Gasteiger partial charge in [-0.2, -0.15) is 5.10 Å². The van der Waals surface area contributed by atoms with Gasteiger partial charge >= 0.3 is 0 Å². The molecule has 0 saturated carbocycles. The Bertz CT molecular complexity index is 389. The number of anilines is 1. The molecule has 0 aromatic carbocycles. The van der Waals surface area contributed by atoms with E-state index >= 15 is 0 Å². The van der Waals surface area contributed by atoms with Crippen molar-refractivity contribution in [1.29, 1.82) is 0 Å². The summed E-state index contributed by atoms with van der Waals surface area (Å²) in [6, 6.07) is 5.74. The number of hydrogen-bond donors (Lipinski definition) is 1. The van der Waals surface area contributed by atoms with Gasteiger partial charge in [0.05, 0.1) is 5.52 Å². The van der Waals surface area contributed by atoms with Crippen molar-refractivity contribution in [3.8, 4) is 0 Å². The maximum absolute atomic E-state index is 5.64. The standard InChI is InChI=1S/C8H9N3/c1-6-4-7(9)5-8-2-3-10-11(6)8/h2-5H,9H2,1H3. The van der Waals surface area contributed by atoms with E-state index in [0.29, 0.717) is 0 Å². The Kier molecular flexibility index (Phi) is 1.12. The van der Waals surface area contributed by atoms with E-state index in [-0.39, 0.29) is 0 Å². The molecule has 0 spiro atoms. The molecule has 0 atom stereocenters. The number of fused-ring (bicyclic) bond motifs is 1. The Morgan fingerprint density at radius 2 is 2.27 bits per heavy atom. The Labute approximate surface area is 64.4 Å². The van der Waals surface area contributed by atoms with E-state index in [9.17, 15) is 0 Å². The van der Waals surface area contributed by atoms with Crippen LogP contribution < -0.4 is 5.73 Å². The lowest BCUT2D eigenvalue weighted by Gasteiger charge is -1.99. The molecule has 2 aromatic rings. The number of hydrogen-bond acceptors (Lipinski definition) is 2. The lowest BCUT2D eigenvalue weighted by molar-refractivity contribution is 0.916. The molecule has 0 radical (unpaired) electrons. The number of nitrogens with two attached hydrogens (primary N) is 1. The average Bonchev–Trinajstić information content (AvgIpc) is 2.34. The molecule has 2 N–H and O–H groups in total. The predicted molar refractivity (Wildman–Crippen MR) is 44.3 cm³/mol. The first-order valence-electron chi connectivity index (χ1n) is 3.47. The average molecular weight is 147 g/mol. The second-order valence-electron chi connectivity index (χ2n) is 2.60. The first-order valence-corrected chi connectivity index (χ1v) is 3.47. The van der Waals surface area contributed by atoms with Gasteiger partial charge in [-0.05, 0) is 25.1 Å². The van der Waals surface area contributed by atoms with Crippen molar-refractivity contribution in [3.63, 3.8) is 0 Å². The van der Waals surface area contributed by atoms with Gasteiger partial charge in [0.15, 0.2) is 0 Å². The lowest BCUT2D eigenvalue weighted by Crippen LogP contribution is -1.95. The largest absolute Gasteiger partial charge is 0.399 e. The van der Waals surface area contributed by atoms with E-state index in [1.807, 2.05) is 29.6 Å². The van der Waals surface area contributed by atoms with E-state index in [2.05, 4.69) is 5.10 Å². The fraction of sp³-hybridized carbons (Fsp3) is 0.125. The van der Waals surface area contributed by atoms with Crippen LogP contribution in [0, 0.1) is 6.92 Å². The molecule has 0 aliphatic heterocycles. The van der Waals surface area contributed by atoms with Crippen molar-refractivity contribution in [2.75, 3.05) is 5.73 Å². The molecule has 11 heavy (non-hydrogen) atoms. The molecule has 2 heterocycles. The van der Waals surface area contributed by atoms with Crippen LogP contribution >= 0.6 is 0 Å². The number of nitrogens with zero attached hydrogens (tertiary/aromatic N) is 2. The highest BCUT2D eigenvalue weighted by atomic mass is 15.2. The third-order valence-corrected chi connectivity index (χ3v) is 1.70. The Morgan fingerprint density at radius 3 is 3.09 bits per heavy atom. The van der Waals surface area contributed by atoms with Gasteiger partial charge in [-0.15, -0.1) is 0 Å². The zero-order chi connectivity index (χ0) is 7.84. The lowest BCUT2D eigenvalue weighted by atomic mass is 10.3. The third kappa shape index (κ3) is 0.852. The van der Waals surface area contributed by atoms with Gasteiger partial charge in [0.2, 0.25) is 0 Å². The predicted octanol–water partition coefficient (Wildman–Crippen LogP) is 1.22.